The van der Waals surface area contributed by atoms with Crippen molar-refractivity contribution in [3.8, 4) is 0 Å². The van der Waals surface area contributed by atoms with Crippen LogP contribution in [0.15, 0.2) is 79.3 Å². The van der Waals surface area contributed by atoms with Crippen LogP contribution in [0, 0.1) is 0 Å². The maximum Gasteiger partial charge on any atom is 0.271 e. The van der Waals surface area contributed by atoms with Gasteiger partial charge in [0, 0.05) is 38.2 Å². The van der Waals surface area contributed by atoms with Crippen molar-refractivity contribution >= 4 is 22.8 Å². The van der Waals surface area contributed by atoms with Crippen molar-refractivity contribution < 1.29 is 9.59 Å². The molecule has 7 heteroatoms. The Labute approximate surface area is 179 Å². The SMILES string of the molecule is O=C(NCC1Cn2cccc2C(=O)N1Cc1ccccc1)c1cccc2nccnc12. The number of aromatic nitrogens is 3. The largest absolute Gasteiger partial charge is 0.350 e. The van der Waals surface area contributed by atoms with E-state index in [1.165, 1.54) is 0 Å². The summed E-state index contributed by atoms with van der Waals surface area (Å²) in [6.07, 6.45) is 5.09. The number of fused-ring (bicyclic) bond motifs is 2. The smallest absolute Gasteiger partial charge is 0.271 e. The van der Waals surface area contributed by atoms with E-state index < -0.39 is 0 Å². The summed E-state index contributed by atoms with van der Waals surface area (Å²) < 4.78 is 1.95. The van der Waals surface area contributed by atoms with Gasteiger partial charge in [0.2, 0.25) is 0 Å². The number of amides is 2. The normalized spacial score (nSPS) is 15.7. The van der Waals surface area contributed by atoms with Crippen LogP contribution in [-0.4, -0.2) is 43.8 Å². The van der Waals surface area contributed by atoms with Gasteiger partial charge in [-0.25, -0.2) is 0 Å². The van der Waals surface area contributed by atoms with Crippen molar-refractivity contribution in [2.45, 2.75) is 19.1 Å². The highest BCUT2D eigenvalue weighted by Gasteiger charge is 2.32. The summed E-state index contributed by atoms with van der Waals surface area (Å²) in [6, 6.07) is 18.8. The second kappa shape index (κ2) is 8.02. The summed E-state index contributed by atoms with van der Waals surface area (Å²) in [6.45, 7) is 1.45. The fourth-order valence-corrected chi connectivity index (χ4v) is 4.04. The lowest BCUT2D eigenvalue weighted by molar-refractivity contribution is 0.0563. The van der Waals surface area contributed by atoms with E-state index in [1.54, 1.807) is 24.5 Å². The minimum absolute atomic E-state index is 0.0321. The van der Waals surface area contributed by atoms with Gasteiger partial charge in [0.25, 0.3) is 11.8 Å². The lowest BCUT2D eigenvalue weighted by Crippen LogP contribution is -2.52. The number of carbonyl (C=O) groups excluding carboxylic acids is 2. The molecule has 2 aromatic heterocycles. The van der Waals surface area contributed by atoms with Gasteiger partial charge in [0.05, 0.1) is 17.1 Å². The number of para-hydroxylation sites is 1. The highest BCUT2D eigenvalue weighted by atomic mass is 16.2. The number of nitrogens with zero attached hydrogens (tertiary/aromatic N) is 4. The fourth-order valence-electron chi connectivity index (χ4n) is 4.04. The van der Waals surface area contributed by atoms with E-state index in [0.29, 0.717) is 41.9 Å². The first kappa shape index (κ1) is 19.0. The molecule has 7 nitrogen and oxygen atoms in total. The predicted octanol–water partition coefficient (Wildman–Crippen LogP) is 2.89. The monoisotopic (exact) mass is 411 g/mol. The first-order chi connectivity index (χ1) is 15.2. The van der Waals surface area contributed by atoms with Gasteiger partial charge < -0.3 is 14.8 Å². The third-order valence-corrected chi connectivity index (χ3v) is 5.59. The van der Waals surface area contributed by atoms with Gasteiger partial charge >= 0.3 is 0 Å². The highest BCUT2D eigenvalue weighted by molar-refractivity contribution is 6.04. The quantitative estimate of drug-likeness (QED) is 0.548. The molecule has 0 spiro atoms. The van der Waals surface area contributed by atoms with Crippen molar-refractivity contribution in [1.82, 2.24) is 24.8 Å². The van der Waals surface area contributed by atoms with Crippen molar-refractivity contribution in [2.75, 3.05) is 6.54 Å². The van der Waals surface area contributed by atoms with Crippen LogP contribution in [0.2, 0.25) is 0 Å². The summed E-state index contributed by atoms with van der Waals surface area (Å²) in [5.41, 5.74) is 3.44. The second-order valence-corrected chi connectivity index (χ2v) is 7.56. The second-order valence-electron chi connectivity index (χ2n) is 7.56. The zero-order valence-electron chi connectivity index (χ0n) is 16.8. The van der Waals surface area contributed by atoms with E-state index >= 15 is 0 Å². The molecule has 31 heavy (non-hydrogen) atoms. The number of hydrogen-bond donors (Lipinski definition) is 1. The summed E-state index contributed by atoms with van der Waals surface area (Å²) in [5.74, 6) is -0.258. The van der Waals surface area contributed by atoms with Crippen LogP contribution in [0.3, 0.4) is 0 Å². The molecule has 1 atom stereocenters. The number of hydrogen-bond acceptors (Lipinski definition) is 4. The topological polar surface area (TPSA) is 80.1 Å². The number of nitrogens with one attached hydrogen (secondary N) is 1. The van der Waals surface area contributed by atoms with Crippen molar-refractivity contribution in [3.63, 3.8) is 0 Å². The molecule has 0 aliphatic carbocycles. The molecule has 1 N–H and O–H groups in total. The lowest BCUT2D eigenvalue weighted by Gasteiger charge is -2.37. The van der Waals surface area contributed by atoms with Crippen LogP contribution < -0.4 is 5.32 Å². The molecule has 1 unspecified atom stereocenters. The van der Waals surface area contributed by atoms with Gasteiger partial charge in [0.15, 0.2) is 0 Å². The molecule has 2 aromatic carbocycles. The molecule has 4 aromatic rings. The molecule has 3 heterocycles. The van der Waals surface area contributed by atoms with Gasteiger partial charge in [-0.2, -0.15) is 0 Å². The zero-order valence-corrected chi connectivity index (χ0v) is 16.8. The minimum Gasteiger partial charge on any atom is -0.350 e. The van der Waals surface area contributed by atoms with Gasteiger partial charge in [-0.1, -0.05) is 36.4 Å². The molecular weight excluding hydrogens is 390 g/mol. The summed E-state index contributed by atoms with van der Waals surface area (Å²) in [4.78, 5) is 36.5. The Morgan fingerprint density at radius 3 is 2.71 bits per heavy atom. The van der Waals surface area contributed by atoms with Crippen LogP contribution in [0.25, 0.3) is 11.0 Å². The molecule has 0 fully saturated rings. The van der Waals surface area contributed by atoms with Gasteiger partial charge in [-0.3, -0.25) is 19.6 Å². The van der Waals surface area contributed by atoms with Crippen molar-refractivity contribution in [1.29, 1.82) is 0 Å². The molecule has 1 aliphatic heterocycles. The lowest BCUT2D eigenvalue weighted by atomic mass is 10.1. The Kier molecular flexibility index (Phi) is 4.92. The summed E-state index contributed by atoms with van der Waals surface area (Å²) in [7, 11) is 0. The molecule has 1 aliphatic rings. The van der Waals surface area contributed by atoms with E-state index in [9.17, 15) is 9.59 Å². The Hall–Kier alpha value is -4.00. The third kappa shape index (κ3) is 3.66. The predicted molar refractivity (Wildman–Crippen MR) is 116 cm³/mol. The molecule has 0 radical (unpaired) electrons. The van der Waals surface area contributed by atoms with Gasteiger partial charge in [-0.05, 0) is 29.8 Å². The Morgan fingerprint density at radius 2 is 1.84 bits per heavy atom. The average molecular weight is 411 g/mol. The maximum absolute atomic E-state index is 13.2. The van der Waals surface area contributed by atoms with E-state index in [1.807, 2.05) is 64.2 Å². The average Bonchev–Trinajstić information content (AvgIpc) is 3.29. The highest BCUT2D eigenvalue weighted by Crippen LogP contribution is 2.21. The Bertz CT molecular complexity index is 1250. The first-order valence-corrected chi connectivity index (χ1v) is 10.2. The van der Waals surface area contributed by atoms with Gasteiger partial charge in [-0.15, -0.1) is 0 Å². The zero-order chi connectivity index (χ0) is 21.2. The third-order valence-electron chi connectivity index (χ3n) is 5.59. The van der Waals surface area contributed by atoms with E-state index in [2.05, 4.69) is 15.3 Å². The van der Waals surface area contributed by atoms with E-state index in [-0.39, 0.29) is 17.9 Å². The molecule has 2 amide bonds. The Balaban J connectivity index is 1.38. The molecule has 0 bridgehead atoms. The molecule has 5 rings (SSSR count). The first-order valence-electron chi connectivity index (χ1n) is 10.2. The summed E-state index contributed by atoms with van der Waals surface area (Å²) in [5, 5.41) is 3.01. The van der Waals surface area contributed by atoms with Crippen LogP contribution in [0.4, 0.5) is 0 Å². The Morgan fingerprint density at radius 1 is 1.00 bits per heavy atom. The summed E-state index contributed by atoms with van der Waals surface area (Å²) >= 11 is 0. The number of rotatable bonds is 5. The number of carbonyl (C=O) groups is 2. The van der Waals surface area contributed by atoms with Crippen molar-refractivity contribution in [3.05, 3.63) is 96.1 Å². The molecular formula is C24H21N5O2. The fraction of sp³-hybridized carbons (Fsp3) is 0.167. The molecule has 0 saturated carbocycles. The van der Waals surface area contributed by atoms with Crippen molar-refractivity contribution in [2.24, 2.45) is 0 Å². The van der Waals surface area contributed by atoms with Gasteiger partial charge in [0.1, 0.15) is 11.2 Å². The van der Waals surface area contributed by atoms with E-state index in [4.69, 9.17) is 0 Å². The molecule has 154 valence electrons. The number of benzene rings is 2. The molecule has 0 saturated heterocycles. The van der Waals surface area contributed by atoms with Crippen LogP contribution in [0.1, 0.15) is 26.4 Å². The maximum atomic E-state index is 13.2. The van der Waals surface area contributed by atoms with Crippen LogP contribution in [-0.2, 0) is 13.1 Å². The van der Waals surface area contributed by atoms with Crippen LogP contribution in [0.5, 0.6) is 0 Å². The standard InChI is InChI=1S/C24H21N5O2/c30-23(19-8-4-9-20-22(19)26-12-11-25-20)27-14-18-16-28-13-5-10-21(28)24(31)29(18)15-17-6-2-1-3-7-17/h1-13,18H,14-16H2,(H,27,30). The minimum atomic E-state index is -0.225. The van der Waals surface area contributed by atoms with Crippen LogP contribution >= 0.6 is 0 Å². The van der Waals surface area contributed by atoms with E-state index in [0.717, 1.165) is 5.56 Å².